The van der Waals surface area contributed by atoms with E-state index in [9.17, 15) is 0 Å². The van der Waals surface area contributed by atoms with Gasteiger partial charge in [0, 0.05) is 6.04 Å². The average Bonchev–Trinajstić information content (AvgIpc) is 2.75. The molecule has 0 bridgehead atoms. The van der Waals surface area contributed by atoms with E-state index in [4.69, 9.17) is 11.5 Å². The zero-order valence-electron chi connectivity index (χ0n) is 11.0. The summed E-state index contributed by atoms with van der Waals surface area (Å²) in [5, 5.41) is 0. The van der Waals surface area contributed by atoms with Crippen LogP contribution in [-0.4, -0.2) is 6.54 Å². The Morgan fingerprint density at radius 2 is 1.94 bits per heavy atom. The number of fused-ring (bicyclic) bond motifs is 1. The highest BCUT2D eigenvalue weighted by molar-refractivity contribution is 5.36. The highest BCUT2D eigenvalue weighted by Crippen LogP contribution is 2.30. The van der Waals surface area contributed by atoms with Crippen LogP contribution in [0.15, 0.2) is 18.2 Å². The summed E-state index contributed by atoms with van der Waals surface area (Å²) in [7, 11) is 0. The summed E-state index contributed by atoms with van der Waals surface area (Å²) in [5.41, 5.74) is 16.5. The second-order valence-corrected chi connectivity index (χ2v) is 6.06. The third-order valence-electron chi connectivity index (χ3n) is 3.88. The van der Waals surface area contributed by atoms with E-state index in [2.05, 4.69) is 32.0 Å². The Kier molecular flexibility index (Phi) is 3.55. The van der Waals surface area contributed by atoms with Gasteiger partial charge in [0.05, 0.1) is 0 Å². The highest BCUT2D eigenvalue weighted by Gasteiger charge is 2.21. The SMILES string of the molecule is CC(C)(CN)CC(N)c1ccc2c(c1)CCC2. The fourth-order valence-corrected chi connectivity index (χ4v) is 2.62. The lowest BCUT2D eigenvalue weighted by Gasteiger charge is -2.26. The van der Waals surface area contributed by atoms with Gasteiger partial charge in [-0.05, 0) is 54.3 Å². The van der Waals surface area contributed by atoms with Crippen LogP contribution in [-0.2, 0) is 12.8 Å². The largest absolute Gasteiger partial charge is 0.330 e. The summed E-state index contributed by atoms with van der Waals surface area (Å²) in [6.07, 6.45) is 4.69. The molecule has 2 nitrogen and oxygen atoms in total. The first-order valence-electron chi connectivity index (χ1n) is 6.59. The normalized spacial score (nSPS) is 16.9. The molecule has 94 valence electrons. The topological polar surface area (TPSA) is 52.0 Å². The van der Waals surface area contributed by atoms with Gasteiger partial charge >= 0.3 is 0 Å². The molecule has 0 aromatic heterocycles. The number of aryl methyl sites for hydroxylation is 2. The zero-order valence-corrected chi connectivity index (χ0v) is 11.0. The van der Waals surface area contributed by atoms with Crippen molar-refractivity contribution in [3.63, 3.8) is 0 Å². The maximum Gasteiger partial charge on any atom is 0.0300 e. The van der Waals surface area contributed by atoms with Gasteiger partial charge in [0.2, 0.25) is 0 Å². The molecule has 1 atom stereocenters. The predicted molar refractivity (Wildman–Crippen MR) is 72.8 cm³/mol. The van der Waals surface area contributed by atoms with Crippen LogP contribution >= 0.6 is 0 Å². The fourth-order valence-electron chi connectivity index (χ4n) is 2.62. The van der Waals surface area contributed by atoms with E-state index in [0.717, 1.165) is 6.42 Å². The van der Waals surface area contributed by atoms with Crippen molar-refractivity contribution in [2.45, 2.75) is 45.6 Å². The van der Waals surface area contributed by atoms with Crippen LogP contribution in [0.5, 0.6) is 0 Å². The lowest BCUT2D eigenvalue weighted by Crippen LogP contribution is -2.28. The molecule has 2 rings (SSSR count). The van der Waals surface area contributed by atoms with Gasteiger partial charge in [-0.2, -0.15) is 0 Å². The molecule has 4 N–H and O–H groups in total. The molecule has 0 amide bonds. The Labute approximate surface area is 104 Å². The van der Waals surface area contributed by atoms with Crippen LogP contribution in [0, 0.1) is 5.41 Å². The van der Waals surface area contributed by atoms with Crippen molar-refractivity contribution in [2.24, 2.45) is 16.9 Å². The van der Waals surface area contributed by atoms with Crippen LogP contribution in [0.3, 0.4) is 0 Å². The second-order valence-electron chi connectivity index (χ2n) is 6.06. The quantitative estimate of drug-likeness (QED) is 0.838. The van der Waals surface area contributed by atoms with Crippen LogP contribution in [0.25, 0.3) is 0 Å². The monoisotopic (exact) mass is 232 g/mol. The van der Waals surface area contributed by atoms with Gasteiger partial charge in [-0.15, -0.1) is 0 Å². The van der Waals surface area contributed by atoms with Crippen LogP contribution < -0.4 is 11.5 Å². The van der Waals surface area contributed by atoms with Gasteiger partial charge in [0.15, 0.2) is 0 Å². The molecule has 0 spiro atoms. The van der Waals surface area contributed by atoms with E-state index in [1.54, 1.807) is 0 Å². The summed E-state index contributed by atoms with van der Waals surface area (Å²) >= 11 is 0. The maximum atomic E-state index is 6.30. The van der Waals surface area contributed by atoms with Gasteiger partial charge in [-0.1, -0.05) is 32.0 Å². The lowest BCUT2D eigenvalue weighted by molar-refractivity contribution is 0.317. The summed E-state index contributed by atoms with van der Waals surface area (Å²) in [6.45, 7) is 5.05. The number of nitrogens with two attached hydrogens (primary N) is 2. The van der Waals surface area contributed by atoms with Gasteiger partial charge in [-0.3, -0.25) is 0 Å². The van der Waals surface area contributed by atoms with Crippen molar-refractivity contribution in [2.75, 3.05) is 6.54 Å². The van der Waals surface area contributed by atoms with Crippen LogP contribution in [0.4, 0.5) is 0 Å². The molecule has 17 heavy (non-hydrogen) atoms. The van der Waals surface area contributed by atoms with Crippen molar-refractivity contribution in [3.05, 3.63) is 34.9 Å². The van der Waals surface area contributed by atoms with Crippen LogP contribution in [0.1, 0.15) is 49.4 Å². The number of hydrogen-bond acceptors (Lipinski definition) is 2. The van der Waals surface area contributed by atoms with Crippen molar-refractivity contribution in [3.8, 4) is 0 Å². The third kappa shape index (κ3) is 2.88. The number of benzene rings is 1. The molecule has 2 heteroatoms. The number of rotatable bonds is 4. The Morgan fingerprint density at radius 1 is 1.24 bits per heavy atom. The molecular weight excluding hydrogens is 208 g/mol. The fraction of sp³-hybridized carbons (Fsp3) is 0.600. The van der Waals surface area contributed by atoms with E-state index >= 15 is 0 Å². The first kappa shape index (κ1) is 12.6. The first-order valence-corrected chi connectivity index (χ1v) is 6.59. The maximum absolute atomic E-state index is 6.30. The molecule has 0 aliphatic heterocycles. The molecule has 0 saturated heterocycles. The molecule has 1 unspecified atom stereocenters. The smallest absolute Gasteiger partial charge is 0.0300 e. The molecular formula is C15H24N2. The molecule has 1 aliphatic rings. The predicted octanol–water partition coefficient (Wildman–Crippen LogP) is 2.55. The third-order valence-corrected chi connectivity index (χ3v) is 3.88. The van der Waals surface area contributed by atoms with Crippen molar-refractivity contribution in [1.82, 2.24) is 0 Å². The van der Waals surface area contributed by atoms with Gasteiger partial charge in [-0.25, -0.2) is 0 Å². The van der Waals surface area contributed by atoms with Crippen LogP contribution in [0.2, 0.25) is 0 Å². The Morgan fingerprint density at radius 3 is 2.65 bits per heavy atom. The number of hydrogen-bond donors (Lipinski definition) is 2. The lowest BCUT2D eigenvalue weighted by atomic mass is 9.83. The van der Waals surface area contributed by atoms with E-state index in [0.29, 0.717) is 6.54 Å². The van der Waals surface area contributed by atoms with E-state index in [-0.39, 0.29) is 11.5 Å². The van der Waals surface area contributed by atoms with E-state index in [1.165, 1.54) is 36.0 Å². The van der Waals surface area contributed by atoms with E-state index < -0.39 is 0 Å². The van der Waals surface area contributed by atoms with Gasteiger partial charge < -0.3 is 11.5 Å². The summed E-state index contributed by atoms with van der Waals surface area (Å²) in [4.78, 5) is 0. The minimum absolute atomic E-state index is 0.111. The molecule has 1 aromatic carbocycles. The Hall–Kier alpha value is -0.860. The highest BCUT2D eigenvalue weighted by atomic mass is 14.7. The Bertz CT molecular complexity index is 396. The molecule has 0 radical (unpaired) electrons. The first-order chi connectivity index (χ1) is 8.02. The molecule has 1 aromatic rings. The molecule has 0 saturated carbocycles. The van der Waals surface area contributed by atoms with Gasteiger partial charge in [0.25, 0.3) is 0 Å². The van der Waals surface area contributed by atoms with Crippen molar-refractivity contribution >= 4 is 0 Å². The molecule has 0 fully saturated rings. The summed E-state index contributed by atoms with van der Waals surface area (Å²) in [6, 6.07) is 6.87. The van der Waals surface area contributed by atoms with Gasteiger partial charge in [0.1, 0.15) is 0 Å². The van der Waals surface area contributed by atoms with Crippen molar-refractivity contribution in [1.29, 1.82) is 0 Å². The average molecular weight is 232 g/mol. The zero-order chi connectivity index (χ0) is 12.5. The second kappa shape index (κ2) is 4.79. The molecule has 1 aliphatic carbocycles. The van der Waals surface area contributed by atoms with Crippen molar-refractivity contribution < 1.29 is 0 Å². The summed E-state index contributed by atoms with van der Waals surface area (Å²) < 4.78 is 0. The summed E-state index contributed by atoms with van der Waals surface area (Å²) in [5.74, 6) is 0. The standard InChI is InChI=1S/C15H24N2/c1-15(2,10-16)9-14(17)13-7-6-11-4-3-5-12(11)8-13/h6-8,14H,3-5,9-10,16-17H2,1-2H3. The minimum Gasteiger partial charge on any atom is -0.330 e. The Balaban J connectivity index is 2.12. The van der Waals surface area contributed by atoms with E-state index in [1.807, 2.05) is 0 Å². The molecule has 0 heterocycles. The minimum atomic E-state index is 0.111.